The minimum absolute atomic E-state index is 0.169. The van der Waals surface area contributed by atoms with Crippen molar-refractivity contribution < 1.29 is 19.1 Å². The number of aryl methyl sites for hydroxylation is 1. The average Bonchev–Trinajstić information content (AvgIpc) is 3.12. The molecule has 2 aromatic carbocycles. The van der Waals surface area contributed by atoms with E-state index in [1.807, 2.05) is 29.2 Å². The maximum Gasteiger partial charge on any atom is 0.338 e. The molecule has 5 heteroatoms. The second kappa shape index (κ2) is 8.83. The van der Waals surface area contributed by atoms with Crippen molar-refractivity contribution in [3.63, 3.8) is 0 Å². The summed E-state index contributed by atoms with van der Waals surface area (Å²) in [7, 11) is 0. The molecule has 1 amide bonds. The largest absolute Gasteiger partial charge is 0.451 e. The van der Waals surface area contributed by atoms with Crippen LogP contribution in [0.4, 0.5) is 0 Å². The Labute approximate surface area is 165 Å². The molecule has 146 valence electrons. The summed E-state index contributed by atoms with van der Waals surface area (Å²) in [5, 5.41) is 0. The Kier molecular flexibility index (Phi) is 6.24. The van der Waals surface area contributed by atoms with Gasteiger partial charge in [-0.3, -0.25) is 9.59 Å². The fraction of sp³-hybridized carbons (Fsp3) is 0.348. The molecule has 1 fully saturated rings. The van der Waals surface area contributed by atoms with Crippen molar-refractivity contribution in [1.82, 2.24) is 4.90 Å². The van der Waals surface area contributed by atoms with Crippen LogP contribution in [0.15, 0.2) is 48.5 Å². The highest BCUT2D eigenvalue weighted by molar-refractivity contribution is 6.01. The van der Waals surface area contributed by atoms with E-state index in [0.717, 1.165) is 30.5 Å². The molecule has 28 heavy (non-hydrogen) atoms. The Morgan fingerprint density at radius 3 is 2.18 bits per heavy atom. The molecule has 1 atom stereocenters. The van der Waals surface area contributed by atoms with E-state index < -0.39 is 12.1 Å². The molecule has 0 aliphatic carbocycles. The van der Waals surface area contributed by atoms with E-state index in [2.05, 4.69) is 6.92 Å². The van der Waals surface area contributed by atoms with Gasteiger partial charge in [-0.15, -0.1) is 0 Å². The van der Waals surface area contributed by atoms with Gasteiger partial charge in [0.1, 0.15) is 0 Å². The number of rotatable bonds is 7. The summed E-state index contributed by atoms with van der Waals surface area (Å²) in [5.41, 5.74) is 3.03. The molecule has 1 aliphatic rings. The number of likely N-dealkylation sites (tertiary alicyclic amines) is 1. The molecule has 0 spiro atoms. The van der Waals surface area contributed by atoms with Gasteiger partial charge in [-0.2, -0.15) is 0 Å². The molecule has 0 N–H and O–H groups in total. The number of carbonyl (C=O) groups excluding carboxylic acids is 3. The Bertz CT molecular complexity index is 855. The van der Waals surface area contributed by atoms with Crippen LogP contribution >= 0.6 is 0 Å². The zero-order chi connectivity index (χ0) is 20.1. The maximum absolute atomic E-state index is 12.5. The van der Waals surface area contributed by atoms with Crippen molar-refractivity contribution in [3.05, 3.63) is 70.8 Å². The van der Waals surface area contributed by atoms with E-state index >= 15 is 0 Å². The first-order valence-corrected chi connectivity index (χ1v) is 9.68. The summed E-state index contributed by atoms with van der Waals surface area (Å²) >= 11 is 0. The minimum atomic E-state index is -0.859. The third-order valence-corrected chi connectivity index (χ3v) is 5.03. The minimum Gasteiger partial charge on any atom is -0.451 e. The number of Topliss-reactive ketones (excluding diaryl/α,β-unsaturated/α-hetero) is 1. The highest BCUT2D eigenvalue weighted by atomic mass is 16.5. The van der Waals surface area contributed by atoms with Crippen LogP contribution in [0.5, 0.6) is 0 Å². The molecule has 0 aromatic heterocycles. The van der Waals surface area contributed by atoms with Crippen LogP contribution in [0.25, 0.3) is 0 Å². The van der Waals surface area contributed by atoms with E-state index in [1.54, 1.807) is 31.2 Å². The Morgan fingerprint density at radius 2 is 1.61 bits per heavy atom. The topological polar surface area (TPSA) is 63.7 Å². The lowest BCUT2D eigenvalue weighted by Crippen LogP contribution is -2.25. The lowest BCUT2D eigenvalue weighted by molar-refractivity contribution is -0.128. The molecule has 1 saturated heterocycles. The van der Waals surface area contributed by atoms with Crippen molar-refractivity contribution in [2.45, 2.75) is 45.8 Å². The number of hydrogen-bond acceptors (Lipinski definition) is 4. The van der Waals surface area contributed by atoms with Crippen molar-refractivity contribution in [2.75, 3.05) is 6.54 Å². The predicted molar refractivity (Wildman–Crippen MR) is 106 cm³/mol. The molecule has 5 nitrogen and oxygen atoms in total. The Hall–Kier alpha value is -2.95. The normalized spacial score (nSPS) is 14.8. The zero-order valence-corrected chi connectivity index (χ0v) is 16.3. The van der Waals surface area contributed by atoms with Gasteiger partial charge in [-0.05, 0) is 43.0 Å². The highest BCUT2D eigenvalue weighted by Gasteiger charge is 2.22. The van der Waals surface area contributed by atoms with Gasteiger partial charge in [0.15, 0.2) is 6.10 Å². The molecule has 3 rings (SSSR count). The van der Waals surface area contributed by atoms with Crippen LogP contribution in [-0.2, 0) is 22.5 Å². The number of esters is 1. The standard InChI is InChI=1S/C23H25NO4/c1-3-17-6-10-19(11-7-17)22(26)16(2)28-23(27)20-12-8-18(9-13-20)15-24-14-4-5-21(24)25/h6-13,16H,3-5,14-15H2,1-2H3. The number of carbonyl (C=O) groups is 3. The van der Waals surface area contributed by atoms with Crippen molar-refractivity contribution in [3.8, 4) is 0 Å². The summed E-state index contributed by atoms with van der Waals surface area (Å²) in [6.07, 6.45) is 1.55. The molecule has 0 saturated carbocycles. The van der Waals surface area contributed by atoms with Gasteiger partial charge < -0.3 is 9.64 Å². The lowest BCUT2D eigenvalue weighted by atomic mass is 10.0. The number of nitrogens with zero attached hydrogens (tertiary/aromatic N) is 1. The van der Waals surface area contributed by atoms with Gasteiger partial charge in [0.2, 0.25) is 11.7 Å². The van der Waals surface area contributed by atoms with Gasteiger partial charge in [-0.1, -0.05) is 43.3 Å². The maximum atomic E-state index is 12.5. The predicted octanol–water partition coefficient (Wildman–Crippen LogP) is 3.80. The van der Waals surface area contributed by atoms with Crippen LogP contribution in [0.1, 0.15) is 58.5 Å². The third kappa shape index (κ3) is 4.66. The van der Waals surface area contributed by atoms with E-state index in [9.17, 15) is 14.4 Å². The van der Waals surface area contributed by atoms with Gasteiger partial charge in [0, 0.05) is 25.1 Å². The van der Waals surface area contributed by atoms with E-state index in [4.69, 9.17) is 4.74 Å². The Morgan fingerprint density at radius 1 is 1.00 bits per heavy atom. The lowest BCUT2D eigenvalue weighted by Gasteiger charge is -2.16. The first kappa shape index (κ1) is 19.8. The summed E-state index contributed by atoms with van der Waals surface area (Å²) in [6.45, 7) is 4.97. The zero-order valence-electron chi connectivity index (χ0n) is 16.3. The fourth-order valence-electron chi connectivity index (χ4n) is 3.26. The SMILES string of the molecule is CCc1ccc(C(=O)C(C)OC(=O)c2ccc(CN3CCCC3=O)cc2)cc1. The van der Waals surface area contributed by atoms with E-state index in [0.29, 0.717) is 24.1 Å². The fourth-order valence-corrected chi connectivity index (χ4v) is 3.26. The molecule has 0 bridgehead atoms. The van der Waals surface area contributed by atoms with Crippen LogP contribution < -0.4 is 0 Å². The summed E-state index contributed by atoms with van der Waals surface area (Å²) in [5.74, 6) is -0.585. The van der Waals surface area contributed by atoms with Crippen LogP contribution in [0.3, 0.4) is 0 Å². The molecular formula is C23H25NO4. The van der Waals surface area contributed by atoms with Crippen molar-refractivity contribution in [2.24, 2.45) is 0 Å². The average molecular weight is 379 g/mol. The van der Waals surface area contributed by atoms with Gasteiger partial charge >= 0.3 is 5.97 Å². The number of ketones is 1. The quantitative estimate of drug-likeness (QED) is 0.542. The monoisotopic (exact) mass is 379 g/mol. The molecule has 1 heterocycles. The summed E-state index contributed by atoms with van der Waals surface area (Å²) in [6, 6.07) is 14.3. The number of ether oxygens (including phenoxy) is 1. The smallest absolute Gasteiger partial charge is 0.338 e. The van der Waals surface area contributed by atoms with Crippen molar-refractivity contribution in [1.29, 1.82) is 0 Å². The van der Waals surface area contributed by atoms with Gasteiger partial charge in [-0.25, -0.2) is 4.79 Å². The number of hydrogen-bond donors (Lipinski definition) is 0. The third-order valence-electron chi connectivity index (χ3n) is 5.03. The van der Waals surface area contributed by atoms with Crippen LogP contribution in [0.2, 0.25) is 0 Å². The van der Waals surface area contributed by atoms with E-state index in [-0.39, 0.29) is 11.7 Å². The van der Waals surface area contributed by atoms with Crippen LogP contribution in [0, 0.1) is 0 Å². The first-order chi connectivity index (χ1) is 13.5. The van der Waals surface area contributed by atoms with Crippen LogP contribution in [-0.4, -0.2) is 35.2 Å². The van der Waals surface area contributed by atoms with E-state index in [1.165, 1.54) is 0 Å². The summed E-state index contributed by atoms with van der Waals surface area (Å²) in [4.78, 5) is 38.4. The second-order valence-electron chi connectivity index (χ2n) is 7.08. The second-order valence-corrected chi connectivity index (χ2v) is 7.08. The molecule has 1 unspecified atom stereocenters. The first-order valence-electron chi connectivity index (χ1n) is 9.68. The molecule has 1 aliphatic heterocycles. The number of benzene rings is 2. The molecular weight excluding hydrogens is 354 g/mol. The number of amides is 1. The molecule has 0 radical (unpaired) electrons. The highest BCUT2D eigenvalue weighted by Crippen LogP contribution is 2.16. The van der Waals surface area contributed by atoms with Gasteiger partial charge in [0.25, 0.3) is 0 Å². The summed E-state index contributed by atoms with van der Waals surface area (Å²) < 4.78 is 5.35. The molecule has 2 aromatic rings. The van der Waals surface area contributed by atoms with Gasteiger partial charge in [0.05, 0.1) is 5.56 Å². The Balaban J connectivity index is 1.58. The van der Waals surface area contributed by atoms with Crippen molar-refractivity contribution >= 4 is 17.7 Å².